The number of hydrogen-bond donors (Lipinski definition) is 2. The molecule has 2 N–H and O–H groups in total. The van der Waals surface area contributed by atoms with E-state index in [2.05, 4.69) is 10.6 Å². The molecular weight excluding hydrogens is 214 g/mol. The van der Waals surface area contributed by atoms with Crippen LogP contribution in [0.15, 0.2) is 0 Å². The first-order valence-corrected chi connectivity index (χ1v) is 7.01. The van der Waals surface area contributed by atoms with Crippen LogP contribution < -0.4 is 10.6 Å². The first-order valence-electron chi connectivity index (χ1n) is 7.01. The fraction of sp³-hybridized carbons (Fsp3) is 0.923. The molecule has 4 nitrogen and oxygen atoms in total. The highest BCUT2D eigenvalue weighted by atomic mass is 16.2. The third-order valence-electron chi connectivity index (χ3n) is 4.11. The van der Waals surface area contributed by atoms with E-state index in [1.54, 1.807) is 0 Å². The molecule has 1 aliphatic carbocycles. The quantitative estimate of drug-likeness (QED) is 0.770. The van der Waals surface area contributed by atoms with Gasteiger partial charge in [-0.2, -0.15) is 0 Å². The second-order valence-electron chi connectivity index (χ2n) is 5.38. The molecule has 1 saturated carbocycles. The van der Waals surface area contributed by atoms with Gasteiger partial charge in [0.2, 0.25) is 0 Å². The van der Waals surface area contributed by atoms with Crippen LogP contribution in [-0.4, -0.2) is 43.2 Å². The van der Waals surface area contributed by atoms with Gasteiger partial charge in [0.25, 0.3) is 0 Å². The summed E-state index contributed by atoms with van der Waals surface area (Å²) in [5.41, 5.74) is 0. The van der Waals surface area contributed by atoms with E-state index in [9.17, 15) is 4.79 Å². The van der Waals surface area contributed by atoms with Crippen molar-refractivity contribution in [1.82, 2.24) is 15.5 Å². The number of piperidine rings is 1. The van der Waals surface area contributed by atoms with Gasteiger partial charge < -0.3 is 15.5 Å². The third-order valence-corrected chi connectivity index (χ3v) is 4.11. The van der Waals surface area contributed by atoms with Crippen molar-refractivity contribution in [2.45, 2.75) is 57.0 Å². The van der Waals surface area contributed by atoms with Crippen molar-refractivity contribution in [3.63, 3.8) is 0 Å². The van der Waals surface area contributed by atoms with Crippen molar-refractivity contribution >= 4 is 6.03 Å². The molecule has 98 valence electrons. The standard InChI is InChI=1S/C13H25N3O/c1-16(12-7-9-14-10-8-12)13(17)15-11-5-3-2-4-6-11/h11-12,14H,2-10H2,1H3,(H,15,17). The Kier molecular flexibility index (Phi) is 4.66. The van der Waals surface area contributed by atoms with E-state index in [4.69, 9.17) is 0 Å². The Labute approximate surface area is 104 Å². The summed E-state index contributed by atoms with van der Waals surface area (Å²) >= 11 is 0. The summed E-state index contributed by atoms with van der Waals surface area (Å²) in [5, 5.41) is 6.51. The van der Waals surface area contributed by atoms with E-state index in [0.29, 0.717) is 12.1 Å². The van der Waals surface area contributed by atoms with E-state index in [0.717, 1.165) is 38.8 Å². The van der Waals surface area contributed by atoms with Crippen molar-refractivity contribution in [2.24, 2.45) is 0 Å². The van der Waals surface area contributed by atoms with Crippen LogP contribution in [0.25, 0.3) is 0 Å². The van der Waals surface area contributed by atoms with Crippen LogP contribution in [0.1, 0.15) is 44.9 Å². The molecule has 2 amide bonds. The molecule has 1 heterocycles. The third kappa shape index (κ3) is 3.60. The summed E-state index contributed by atoms with van der Waals surface area (Å²) in [5.74, 6) is 0. The Balaban J connectivity index is 1.77. The maximum atomic E-state index is 12.1. The van der Waals surface area contributed by atoms with Crippen molar-refractivity contribution < 1.29 is 4.79 Å². The molecule has 0 spiro atoms. The highest BCUT2D eigenvalue weighted by Gasteiger charge is 2.24. The van der Waals surface area contributed by atoms with E-state index < -0.39 is 0 Å². The molecule has 2 aliphatic rings. The van der Waals surface area contributed by atoms with Gasteiger partial charge in [0.15, 0.2) is 0 Å². The second kappa shape index (κ2) is 6.24. The van der Waals surface area contributed by atoms with Gasteiger partial charge >= 0.3 is 6.03 Å². The summed E-state index contributed by atoms with van der Waals surface area (Å²) in [6.45, 7) is 2.07. The van der Waals surface area contributed by atoms with Crippen LogP contribution >= 0.6 is 0 Å². The molecule has 0 aromatic carbocycles. The van der Waals surface area contributed by atoms with Gasteiger partial charge in [-0.1, -0.05) is 19.3 Å². The Morgan fingerprint density at radius 3 is 2.41 bits per heavy atom. The number of carbonyl (C=O) groups is 1. The molecule has 17 heavy (non-hydrogen) atoms. The van der Waals surface area contributed by atoms with Crippen LogP contribution in [-0.2, 0) is 0 Å². The lowest BCUT2D eigenvalue weighted by molar-refractivity contribution is 0.170. The van der Waals surface area contributed by atoms with Crippen LogP contribution in [0.3, 0.4) is 0 Å². The predicted molar refractivity (Wildman–Crippen MR) is 69.1 cm³/mol. The topological polar surface area (TPSA) is 44.4 Å². The Morgan fingerprint density at radius 2 is 1.76 bits per heavy atom. The average molecular weight is 239 g/mol. The maximum Gasteiger partial charge on any atom is 0.317 e. The average Bonchev–Trinajstić information content (AvgIpc) is 2.40. The SMILES string of the molecule is CN(C(=O)NC1CCCCC1)C1CCNCC1. The van der Waals surface area contributed by atoms with Gasteiger partial charge in [0.1, 0.15) is 0 Å². The zero-order valence-electron chi connectivity index (χ0n) is 10.9. The predicted octanol–water partition coefficient (Wildman–Crippen LogP) is 1.71. The molecule has 2 rings (SSSR count). The van der Waals surface area contributed by atoms with Crippen molar-refractivity contribution in [3.8, 4) is 0 Å². The molecule has 1 saturated heterocycles. The zero-order valence-corrected chi connectivity index (χ0v) is 10.9. The van der Waals surface area contributed by atoms with Gasteiger partial charge in [0.05, 0.1) is 0 Å². The lowest BCUT2D eigenvalue weighted by Crippen LogP contribution is -2.50. The summed E-state index contributed by atoms with van der Waals surface area (Å²) in [6, 6.07) is 0.962. The molecule has 0 aromatic rings. The van der Waals surface area contributed by atoms with Crippen LogP contribution in [0.5, 0.6) is 0 Å². The lowest BCUT2D eigenvalue weighted by Gasteiger charge is -2.33. The van der Waals surface area contributed by atoms with Crippen LogP contribution in [0.4, 0.5) is 4.79 Å². The van der Waals surface area contributed by atoms with Crippen molar-refractivity contribution in [3.05, 3.63) is 0 Å². The van der Waals surface area contributed by atoms with Gasteiger partial charge in [-0.05, 0) is 38.8 Å². The summed E-state index contributed by atoms with van der Waals surface area (Å²) in [6.07, 6.45) is 8.33. The monoisotopic (exact) mass is 239 g/mol. The molecule has 0 aromatic heterocycles. The Morgan fingerprint density at radius 1 is 1.12 bits per heavy atom. The number of carbonyl (C=O) groups excluding carboxylic acids is 1. The highest BCUT2D eigenvalue weighted by molar-refractivity contribution is 5.74. The first kappa shape index (κ1) is 12.7. The molecule has 0 unspecified atom stereocenters. The normalized spacial score (nSPS) is 23.4. The van der Waals surface area contributed by atoms with Gasteiger partial charge in [-0.3, -0.25) is 0 Å². The fourth-order valence-corrected chi connectivity index (χ4v) is 2.88. The number of urea groups is 1. The number of nitrogens with zero attached hydrogens (tertiary/aromatic N) is 1. The molecule has 2 fully saturated rings. The molecule has 1 aliphatic heterocycles. The molecule has 0 bridgehead atoms. The zero-order chi connectivity index (χ0) is 12.1. The smallest absolute Gasteiger partial charge is 0.317 e. The number of nitrogens with one attached hydrogen (secondary N) is 2. The number of amides is 2. The van der Waals surface area contributed by atoms with E-state index in [1.165, 1.54) is 19.3 Å². The molecule has 0 radical (unpaired) electrons. The van der Waals surface area contributed by atoms with E-state index in [1.807, 2.05) is 11.9 Å². The van der Waals surface area contributed by atoms with Crippen molar-refractivity contribution in [1.29, 1.82) is 0 Å². The molecular formula is C13H25N3O. The summed E-state index contributed by atoms with van der Waals surface area (Å²) in [4.78, 5) is 14.0. The van der Waals surface area contributed by atoms with Crippen LogP contribution in [0.2, 0.25) is 0 Å². The molecule has 4 heteroatoms. The van der Waals surface area contributed by atoms with Crippen molar-refractivity contribution in [2.75, 3.05) is 20.1 Å². The maximum absolute atomic E-state index is 12.1. The lowest BCUT2D eigenvalue weighted by atomic mass is 9.95. The van der Waals surface area contributed by atoms with Gasteiger partial charge in [0, 0.05) is 19.1 Å². The highest BCUT2D eigenvalue weighted by Crippen LogP contribution is 2.18. The number of rotatable bonds is 2. The largest absolute Gasteiger partial charge is 0.335 e. The minimum atomic E-state index is 0.129. The van der Waals surface area contributed by atoms with Crippen LogP contribution in [0, 0.1) is 0 Å². The minimum Gasteiger partial charge on any atom is -0.335 e. The first-order chi connectivity index (χ1) is 8.27. The molecule has 0 atom stereocenters. The summed E-state index contributed by atoms with van der Waals surface area (Å²) < 4.78 is 0. The van der Waals surface area contributed by atoms with E-state index >= 15 is 0 Å². The Bertz CT molecular complexity index is 245. The van der Waals surface area contributed by atoms with Gasteiger partial charge in [-0.15, -0.1) is 0 Å². The second-order valence-corrected chi connectivity index (χ2v) is 5.38. The van der Waals surface area contributed by atoms with E-state index in [-0.39, 0.29) is 6.03 Å². The number of hydrogen-bond acceptors (Lipinski definition) is 2. The minimum absolute atomic E-state index is 0.129. The Hall–Kier alpha value is -0.770. The summed E-state index contributed by atoms with van der Waals surface area (Å²) in [7, 11) is 1.94. The fourth-order valence-electron chi connectivity index (χ4n) is 2.88. The van der Waals surface area contributed by atoms with Gasteiger partial charge in [-0.25, -0.2) is 4.79 Å².